The number of H-pyrrole nitrogens is 1. The minimum Gasteiger partial charge on any atom is -0.376 e. The smallest absolute Gasteiger partial charge is 0.239 e. The number of anilines is 2. The van der Waals surface area contributed by atoms with E-state index in [-0.39, 0.29) is 18.5 Å². The molecule has 0 saturated carbocycles. The number of amides is 1. The molecule has 2 aromatic heterocycles. The lowest BCUT2D eigenvalue weighted by Crippen LogP contribution is -2.49. The number of rotatable bonds is 5. The quantitative estimate of drug-likeness (QED) is 0.629. The van der Waals surface area contributed by atoms with Crippen LogP contribution >= 0.6 is 11.6 Å². The van der Waals surface area contributed by atoms with E-state index in [2.05, 4.69) is 30.5 Å². The highest BCUT2D eigenvalue weighted by atomic mass is 35.5. The lowest BCUT2D eigenvalue weighted by Gasteiger charge is -2.34. The second-order valence-electron chi connectivity index (χ2n) is 6.65. The van der Waals surface area contributed by atoms with Crippen LogP contribution in [0.4, 0.5) is 11.5 Å². The molecule has 8 heteroatoms. The van der Waals surface area contributed by atoms with E-state index in [4.69, 9.17) is 11.6 Å². The SMILES string of the molecule is O=C(CNc1ccc(Cl)cc1)N[C@H]1CCCN(c2ncnc3[nH]ccc23)C1. The molecule has 7 nitrogen and oxygen atoms in total. The molecule has 1 aliphatic heterocycles. The third kappa shape index (κ3) is 4.14. The number of carbonyl (C=O) groups excluding carboxylic acids is 1. The highest BCUT2D eigenvalue weighted by Gasteiger charge is 2.23. The Hall–Kier alpha value is -2.80. The molecule has 1 aromatic carbocycles. The summed E-state index contributed by atoms with van der Waals surface area (Å²) in [6.07, 6.45) is 5.41. The van der Waals surface area contributed by atoms with Gasteiger partial charge in [-0.15, -0.1) is 0 Å². The normalized spacial score (nSPS) is 17.1. The third-order valence-electron chi connectivity index (χ3n) is 4.72. The van der Waals surface area contributed by atoms with Crippen LogP contribution in [-0.2, 0) is 4.79 Å². The van der Waals surface area contributed by atoms with E-state index in [9.17, 15) is 4.79 Å². The Morgan fingerprint density at radius 1 is 1.26 bits per heavy atom. The summed E-state index contributed by atoms with van der Waals surface area (Å²) < 4.78 is 0. The third-order valence-corrected chi connectivity index (χ3v) is 4.97. The standard InChI is InChI=1S/C19H21ClN6O/c20-13-3-5-14(6-4-13)22-10-17(27)25-15-2-1-9-26(11-15)19-16-7-8-21-18(16)23-12-24-19/h3-8,12,15,22H,1-2,9-11H2,(H,25,27)(H,21,23,24)/t15-/m0/s1. The van der Waals surface area contributed by atoms with Crippen molar-refractivity contribution in [1.29, 1.82) is 0 Å². The first-order valence-corrected chi connectivity index (χ1v) is 9.39. The lowest BCUT2D eigenvalue weighted by atomic mass is 10.1. The first-order chi connectivity index (χ1) is 13.2. The summed E-state index contributed by atoms with van der Waals surface area (Å²) in [5.74, 6) is 0.894. The fourth-order valence-corrected chi connectivity index (χ4v) is 3.55. The zero-order chi connectivity index (χ0) is 18.6. The second-order valence-corrected chi connectivity index (χ2v) is 7.09. The molecule has 1 amide bonds. The fraction of sp³-hybridized carbons (Fsp3) is 0.316. The molecule has 1 aliphatic rings. The van der Waals surface area contributed by atoms with E-state index in [0.29, 0.717) is 5.02 Å². The van der Waals surface area contributed by atoms with Crippen LogP contribution in [0.1, 0.15) is 12.8 Å². The average molecular weight is 385 g/mol. The van der Waals surface area contributed by atoms with Crippen molar-refractivity contribution in [3.05, 3.63) is 47.9 Å². The monoisotopic (exact) mass is 384 g/mol. The van der Waals surface area contributed by atoms with Crippen LogP contribution in [0.2, 0.25) is 5.02 Å². The van der Waals surface area contributed by atoms with E-state index in [1.165, 1.54) is 0 Å². The molecular weight excluding hydrogens is 364 g/mol. The van der Waals surface area contributed by atoms with Crippen molar-refractivity contribution in [2.75, 3.05) is 29.9 Å². The van der Waals surface area contributed by atoms with Crippen LogP contribution in [0.15, 0.2) is 42.9 Å². The number of nitrogens with one attached hydrogen (secondary N) is 3. The average Bonchev–Trinajstić information content (AvgIpc) is 3.16. The maximum absolute atomic E-state index is 12.3. The van der Waals surface area contributed by atoms with Crippen LogP contribution in [0.3, 0.4) is 0 Å². The Bertz CT molecular complexity index is 925. The summed E-state index contributed by atoms with van der Waals surface area (Å²) in [5.41, 5.74) is 1.70. The van der Waals surface area contributed by atoms with Crippen molar-refractivity contribution in [3.8, 4) is 0 Å². The molecule has 3 aromatic rings. The van der Waals surface area contributed by atoms with Crippen LogP contribution in [0.5, 0.6) is 0 Å². The van der Waals surface area contributed by atoms with Crippen LogP contribution < -0.4 is 15.5 Å². The van der Waals surface area contributed by atoms with E-state index in [1.54, 1.807) is 18.5 Å². The summed E-state index contributed by atoms with van der Waals surface area (Å²) in [7, 11) is 0. The zero-order valence-corrected chi connectivity index (χ0v) is 15.5. The van der Waals surface area contributed by atoms with Gasteiger partial charge in [-0.3, -0.25) is 4.79 Å². The molecule has 0 unspecified atom stereocenters. The number of fused-ring (bicyclic) bond motifs is 1. The number of halogens is 1. The minimum absolute atomic E-state index is 0.0220. The van der Waals surface area contributed by atoms with Crippen molar-refractivity contribution in [2.24, 2.45) is 0 Å². The first kappa shape index (κ1) is 17.6. The maximum Gasteiger partial charge on any atom is 0.239 e. The lowest BCUT2D eigenvalue weighted by molar-refractivity contribution is -0.120. The number of aromatic amines is 1. The van der Waals surface area contributed by atoms with Crippen LogP contribution in [-0.4, -0.2) is 46.5 Å². The molecular formula is C19H21ClN6O. The van der Waals surface area contributed by atoms with Gasteiger partial charge in [0.2, 0.25) is 5.91 Å². The van der Waals surface area contributed by atoms with Crippen molar-refractivity contribution in [2.45, 2.75) is 18.9 Å². The van der Waals surface area contributed by atoms with Crippen molar-refractivity contribution >= 4 is 40.0 Å². The number of piperidine rings is 1. The molecule has 0 radical (unpaired) electrons. The zero-order valence-electron chi connectivity index (χ0n) is 14.8. The van der Waals surface area contributed by atoms with E-state index in [0.717, 1.165) is 48.5 Å². The van der Waals surface area contributed by atoms with Gasteiger partial charge in [-0.2, -0.15) is 0 Å². The Labute approximate surface area is 162 Å². The molecule has 1 fully saturated rings. The molecule has 0 bridgehead atoms. The molecule has 3 N–H and O–H groups in total. The molecule has 140 valence electrons. The molecule has 1 atom stereocenters. The van der Waals surface area contributed by atoms with Crippen molar-refractivity contribution in [3.63, 3.8) is 0 Å². The Kier molecular flexibility index (Phi) is 5.11. The molecule has 4 rings (SSSR count). The largest absolute Gasteiger partial charge is 0.376 e. The van der Waals surface area contributed by atoms with Crippen molar-refractivity contribution in [1.82, 2.24) is 20.3 Å². The van der Waals surface area contributed by atoms with Gasteiger partial charge >= 0.3 is 0 Å². The van der Waals surface area contributed by atoms with Gasteiger partial charge in [0, 0.05) is 36.0 Å². The van der Waals surface area contributed by atoms with Crippen molar-refractivity contribution < 1.29 is 4.79 Å². The van der Waals surface area contributed by atoms with Gasteiger partial charge in [0.05, 0.1) is 11.9 Å². The number of hydrogen-bond acceptors (Lipinski definition) is 5. The molecule has 1 saturated heterocycles. The maximum atomic E-state index is 12.3. The summed E-state index contributed by atoms with van der Waals surface area (Å²) >= 11 is 5.87. The molecule has 0 spiro atoms. The topological polar surface area (TPSA) is 85.9 Å². The van der Waals surface area contributed by atoms with Gasteiger partial charge in [0.1, 0.15) is 17.8 Å². The van der Waals surface area contributed by atoms with Crippen LogP contribution in [0, 0.1) is 0 Å². The summed E-state index contributed by atoms with van der Waals surface area (Å²) in [4.78, 5) is 26.4. The van der Waals surface area contributed by atoms with Gasteiger partial charge in [-0.1, -0.05) is 11.6 Å². The summed E-state index contributed by atoms with van der Waals surface area (Å²) in [6.45, 7) is 1.89. The molecule has 27 heavy (non-hydrogen) atoms. The highest BCUT2D eigenvalue weighted by molar-refractivity contribution is 6.30. The number of aromatic nitrogens is 3. The van der Waals surface area contributed by atoms with Gasteiger partial charge in [-0.05, 0) is 43.2 Å². The molecule has 3 heterocycles. The van der Waals surface area contributed by atoms with Gasteiger partial charge in [-0.25, -0.2) is 9.97 Å². The number of nitrogens with zero attached hydrogens (tertiary/aromatic N) is 3. The minimum atomic E-state index is -0.0220. The van der Waals surface area contributed by atoms with E-state index >= 15 is 0 Å². The predicted molar refractivity (Wildman–Crippen MR) is 107 cm³/mol. The van der Waals surface area contributed by atoms with Gasteiger partial charge < -0.3 is 20.5 Å². The molecule has 0 aliphatic carbocycles. The number of benzene rings is 1. The van der Waals surface area contributed by atoms with Gasteiger partial charge in [0.25, 0.3) is 0 Å². The summed E-state index contributed by atoms with van der Waals surface area (Å²) in [5, 5.41) is 7.92. The van der Waals surface area contributed by atoms with E-state index < -0.39 is 0 Å². The number of carbonyl (C=O) groups is 1. The van der Waals surface area contributed by atoms with Crippen LogP contribution in [0.25, 0.3) is 11.0 Å². The number of hydrogen-bond donors (Lipinski definition) is 3. The Morgan fingerprint density at radius 3 is 2.96 bits per heavy atom. The second kappa shape index (κ2) is 7.84. The first-order valence-electron chi connectivity index (χ1n) is 9.01. The summed E-state index contributed by atoms with van der Waals surface area (Å²) in [6, 6.07) is 9.39. The fourth-order valence-electron chi connectivity index (χ4n) is 3.43. The Morgan fingerprint density at radius 2 is 2.11 bits per heavy atom. The predicted octanol–water partition coefficient (Wildman–Crippen LogP) is 2.81. The van der Waals surface area contributed by atoms with E-state index in [1.807, 2.05) is 24.4 Å². The highest BCUT2D eigenvalue weighted by Crippen LogP contribution is 2.25. The Balaban J connectivity index is 1.35. The van der Waals surface area contributed by atoms with Gasteiger partial charge in [0.15, 0.2) is 0 Å².